The predicted molar refractivity (Wildman–Crippen MR) is 15.9 cm³/mol. The molecule has 0 spiro atoms. The molecule has 4 heavy (non-hydrogen) atoms. The number of allylic oxidation sites excluding steroid dienone is 1. The molecule has 0 saturated heterocycles. The summed E-state index contributed by atoms with van der Waals surface area (Å²) in [5, 5.41) is 0. The fourth-order valence-corrected chi connectivity index (χ4v) is 0. The normalized spacial score (nSPS) is 3.25. The van der Waals surface area contributed by atoms with Crippen molar-refractivity contribution in [3.05, 3.63) is 12.7 Å². The summed E-state index contributed by atoms with van der Waals surface area (Å²) in [4.78, 5) is 0. The molecule has 0 fully saturated rings. The monoisotopic (exact) mass is 101 g/mol. The van der Waals surface area contributed by atoms with Crippen LogP contribution >= 0.6 is 0 Å². The van der Waals surface area contributed by atoms with Crippen LogP contribution in [0.25, 0.3) is 0 Å². The Kier molecular flexibility index (Phi) is 23.4. The molecule has 0 aromatic carbocycles. The van der Waals surface area contributed by atoms with Crippen LogP contribution in [-0.2, 0) is 16.8 Å². The minimum Gasteiger partial charge on any atom is -0.103 e. The number of hydrogen-bond donors (Lipinski definition) is 0. The van der Waals surface area contributed by atoms with Crippen LogP contribution < -0.4 is 0 Å². The van der Waals surface area contributed by atoms with Crippen LogP contribution in [0.5, 0.6) is 0 Å². The summed E-state index contributed by atoms with van der Waals surface area (Å²) in [5.41, 5.74) is 0. The van der Waals surface area contributed by atoms with Crippen LogP contribution in [0, 0.1) is 0 Å². The van der Waals surface area contributed by atoms with E-state index >= 15 is 0 Å². The molecule has 0 atom stereocenters. The first-order valence-corrected chi connectivity index (χ1v) is 0.986. The van der Waals surface area contributed by atoms with Gasteiger partial charge in [0, 0.05) is 0 Å². The van der Waals surface area contributed by atoms with Gasteiger partial charge in [0.25, 0.3) is 0 Å². The first kappa shape index (κ1) is 8.87. The Bertz CT molecular complexity index is 10.8. The van der Waals surface area contributed by atoms with Crippen LogP contribution in [-0.4, -0.2) is 0 Å². The van der Waals surface area contributed by atoms with E-state index in [9.17, 15) is 0 Å². The van der Waals surface area contributed by atoms with Gasteiger partial charge in [0.15, 0.2) is 0 Å². The minimum absolute atomic E-state index is 0. The maximum Gasteiger partial charge on any atom is 3.00 e. The molecular formula is C3H6Co+3. The van der Waals surface area contributed by atoms with E-state index in [1.807, 2.05) is 6.92 Å². The SMILES string of the molecule is C=CC.[Co+3]. The molecule has 0 aliphatic carbocycles. The summed E-state index contributed by atoms with van der Waals surface area (Å²) in [6, 6.07) is 0. The van der Waals surface area contributed by atoms with Gasteiger partial charge in [-0.3, -0.25) is 0 Å². The van der Waals surface area contributed by atoms with Crippen molar-refractivity contribution >= 4 is 0 Å². The van der Waals surface area contributed by atoms with E-state index in [2.05, 4.69) is 6.58 Å². The third-order valence-corrected chi connectivity index (χ3v) is 0. The van der Waals surface area contributed by atoms with Crippen molar-refractivity contribution in [1.82, 2.24) is 0 Å². The van der Waals surface area contributed by atoms with Crippen molar-refractivity contribution in [3.8, 4) is 0 Å². The molecule has 24 valence electrons. The van der Waals surface area contributed by atoms with Crippen LogP contribution in [0.3, 0.4) is 0 Å². The fourth-order valence-electron chi connectivity index (χ4n) is 0. The van der Waals surface area contributed by atoms with Gasteiger partial charge in [0.2, 0.25) is 0 Å². The molecule has 0 bridgehead atoms. The topological polar surface area (TPSA) is 0 Å². The molecular weight excluding hydrogens is 95.0 g/mol. The van der Waals surface area contributed by atoms with Gasteiger partial charge in [0.05, 0.1) is 0 Å². The van der Waals surface area contributed by atoms with Gasteiger partial charge in [0.1, 0.15) is 0 Å². The van der Waals surface area contributed by atoms with Gasteiger partial charge in [-0.15, -0.1) is 6.58 Å². The molecule has 0 N–H and O–H groups in total. The van der Waals surface area contributed by atoms with Crippen molar-refractivity contribution < 1.29 is 16.8 Å². The maximum absolute atomic E-state index is 3.36. The predicted octanol–water partition coefficient (Wildman–Crippen LogP) is 1.19. The van der Waals surface area contributed by atoms with Crippen LogP contribution in [0.4, 0.5) is 0 Å². The van der Waals surface area contributed by atoms with E-state index in [4.69, 9.17) is 0 Å². The first-order chi connectivity index (χ1) is 1.41. The molecule has 0 nitrogen and oxygen atoms in total. The third-order valence-electron chi connectivity index (χ3n) is 0. The van der Waals surface area contributed by atoms with Crippen molar-refractivity contribution in [2.24, 2.45) is 0 Å². The van der Waals surface area contributed by atoms with Crippen molar-refractivity contribution in [3.63, 3.8) is 0 Å². The van der Waals surface area contributed by atoms with Crippen molar-refractivity contribution in [2.75, 3.05) is 0 Å². The summed E-state index contributed by atoms with van der Waals surface area (Å²) >= 11 is 0. The largest absolute Gasteiger partial charge is 3.00 e. The van der Waals surface area contributed by atoms with E-state index in [1.54, 1.807) is 6.08 Å². The zero-order valence-corrected chi connectivity index (χ0v) is 3.66. The Morgan fingerprint density at radius 1 is 1.75 bits per heavy atom. The Morgan fingerprint density at radius 2 is 1.75 bits per heavy atom. The zero-order chi connectivity index (χ0) is 2.71. The Labute approximate surface area is 37.1 Å². The van der Waals surface area contributed by atoms with E-state index in [0.29, 0.717) is 0 Å². The Morgan fingerprint density at radius 3 is 1.75 bits per heavy atom. The summed E-state index contributed by atoms with van der Waals surface area (Å²) < 4.78 is 0. The molecule has 0 rings (SSSR count). The average molecular weight is 101 g/mol. The summed E-state index contributed by atoms with van der Waals surface area (Å²) in [5.74, 6) is 0. The average Bonchev–Trinajstić information content (AvgIpc) is 0.918. The molecule has 0 amide bonds. The number of rotatable bonds is 0. The van der Waals surface area contributed by atoms with Crippen molar-refractivity contribution in [2.45, 2.75) is 6.92 Å². The molecule has 0 radical (unpaired) electrons. The minimum atomic E-state index is 0. The van der Waals surface area contributed by atoms with Crippen molar-refractivity contribution in [1.29, 1.82) is 0 Å². The molecule has 0 aliphatic heterocycles. The van der Waals surface area contributed by atoms with Gasteiger partial charge < -0.3 is 0 Å². The molecule has 1 heteroatoms. The van der Waals surface area contributed by atoms with Gasteiger partial charge in [-0.05, 0) is 6.92 Å². The zero-order valence-electron chi connectivity index (χ0n) is 2.62. The van der Waals surface area contributed by atoms with Gasteiger partial charge in [-0.25, -0.2) is 0 Å². The molecule has 0 saturated carbocycles. The van der Waals surface area contributed by atoms with Gasteiger partial charge in [-0.1, -0.05) is 6.08 Å². The van der Waals surface area contributed by atoms with Gasteiger partial charge in [-0.2, -0.15) is 0 Å². The smallest absolute Gasteiger partial charge is 0.103 e. The molecule has 0 unspecified atom stereocenters. The number of hydrogen-bond acceptors (Lipinski definition) is 0. The third kappa shape index (κ3) is 57.4. The molecule has 0 aromatic heterocycles. The molecule has 0 aromatic rings. The maximum atomic E-state index is 3.36. The summed E-state index contributed by atoms with van der Waals surface area (Å²) in [7, 11) is 0. The van der Waals surface area contributed by atoms with Crippen LogP contribution in [0.15, 0.2) is 12.7 Å². The quantitative estimate of drug-likeness (QED) is 0.402. The molecule has 0 aliphatic rings. The van der Waals surface area contributed by atoms with Crippen LogP contribution in [0.2, 0.25) is 0 Å². The van der Waals surface area contributed by atoms with E-state index < -0.39 is 0 Å². The molecule has 0 heterocycles. The van der Waals surface area contributed by atoms with E-state index in [-0.39, 0.29) is 16.8 Å². The summed E-state index contributed by atoms with van der Waals surface area (Å²) in [6.07, 6.45) is 1.75. The van der Waals surface area contributed by atoms with E-state index in [1.165, 1.54) is 0 Å². The summed E-state index contributed by atoms with van der Waals surface area (Å²) in [6.45, 7) is 5.25. The van der Waals surface area contributed by atoms with E-state index in [0.717, 1.165) is 0 Å². The second kappa shape index (κ2) is 10.5. The standard InChI is InChI=1S/C3H6.Co/c1-3-2;/h3H,1H2,2H3;/q;+3. The second-order valence-electron chi connectivity index (χ2n) is 0.408. The Balaban J connectivity index is 0. The first-order valence-electron chi connectivity index (χ1n) is 0.986. The Hall–Kier alpha value is 0.246. The van der Waals surface area contributed by atoms with Crippen LogP contribution in [0.1, 0.15) is 6.92 Å². The fraction of sp³-hybridized carbons (Fsp3) is 0.333. The second-order valence-corrected chi connectivity index (χ2v) is 0.408. The van der Waals surface area contributed by atoms with Gasteiger partial charge >= 0.3 is 16.8 Å².